The molecule has 0 spiro atoms. The number of carbonyl (C=O) groups is 1. The molecule has 1 aromatic rings. The monoisotopic (exact) mass is 217 g/mol. The average Bonchev–Trinajstić information content (AvgIpc) is 2.30. The molecule has 0 bridgehead atoms. The van der Waals surface area contributed by atoms with Gasteiger partial charge in [0.15, 0.2) is 5.70 Å². The van der Waals surface area contributed by atoms with Gasteiger partial charge in [-0.05, 0) is 18.6 Å². The van der Waals surface area contributed by atoms with Gasteiger partial charge in [-0.15, -0.1) is 0 Å². The van der Waals surface area contributed by atoms with Crippen molar-refractivity contribution in [2.75, 3.05) is 6.61 Å². The molecule has 0 atom stereocenters. The first-order valence-corrected chi connectivity index (χ1v) is 4.79. The van der Waals surface area contributed by atoms with Crippen LogP contribution >= 0.6 is 0 Å². The van der Waals surface area contributed by atoms with E-state index < -0.39 is 5.97 Å². The zero-order chi connectivity index (χ0) is 11.8. The second kappa shape index (κ2) is 6.32. The Hall–Kier alpha value is -2.19. The smallest absolute Gasteiger partial charge is 0.357 e. The van der Waals surface area contributed by atoms with E-state index in [1.165, 1.54) is 12.2 Å². The molecule has 4 nitrogen and oxygen atoms in total. The fourth-order valence-electron chi connectivity index (χ4n) is 1.10. The van der Waals surface area contributed by atoms with Gasteiger partial charge in [0.05, 0.1) is 6.61 Å². The zero-order valence-electron chi connectivity index (χ0n) is 8.84. The molecule has 0 radical (unpaired) electrons. The highest BCUT2D eigenvalue weighted by Crippen LogP contribution is 2.08. The standard InChI is InChI=1S/C12H11NO3/c1-2-16-12(15)11(13-9-14)8-10-6-4-3-5-7-10/h3-8H,2H2,1H3/b11-8-. The summed E-state index contributed by atoms with van der Waals surface area (Å²) in [5.41, 5.74) is 0.715. The van der Waals surface area contributed by atoms with E-state index in [-0.39, 0.29) is 12.3 Å². The molecule has 1 aromatic carbocycles. The van der Waals surface area contributed by atoms with Crippen LogP contribution in [0.15, 0.2) is 41.0 Å². The lowest BCUT2D eigenvalue weighted by Gasteiger charge is -2.00. The van der Waals surface area contributed by atoms with Crippen LogP contribution < -0.4 is 0 Å². The predicted octanol–water partition coefficient (Wildman–Crippen LogP) is 1.93. The topological polar surface area (TPSA) is 55.7 Å². The molecule has 0 amide bonds. The molecular formula is C12H11NO3. The predicted molar refractivity (Wildman–Crippen MR) is 59.2 cm³/mol. The third-order valence-electron chi connectivity index (χ3n) is 1.75. The fraction of sp³-hybridized carbons (Fsp3) is 0.167. The Morgan fingerprint density at radius 3 is 2.69 bits per heavy atom. The Morgan fingerprint density at radius 2 is 2.12 bits per heavy atom. The van der Waals surface area contributed by atoms with Gasteiger partial charge in [-0.25, -0.2) is 9.59 Å². The molecule has 0 aliphatic heterocycles. The summed E-state index contributed by atoms with van der Waals surface area (Å²) in [6.45, 7) is 1.92. The highest BCUT2D eigenvalue weighted by Gasteiger charge is 2.09. The SMILES string of the molecule is CCOC(=O)/C(=C/c1ccccc1)N=C=O. The molecule has 16 heavy (non-hydrogen) atoms. The van der Waals surface area contributed by atoms with E-state index in [1.807, 2.05) is 18.2 Å². The van der Waals surface area contributed by atoms with Gasteiger partial charge in [-0.2, -0.15) is 4.99 Å². The lowest BCUT2D eigenvalue weighted by atomic mass is 10.2. The van der Waals surface area contributed by atoms with E-state index in [2.05, 4.69) is 4.99 Å². The number of rotatable bonds is 4. The molecule has 4 heteroatoms. The van der Waals surface area contributed by atoms with Crippen LogP contribution in [0.25, 0.3) is 6.08 Å². The van der Waals surface area contributed by atoms with Crippen molar-refractivity contribution in [2.24, 2.45) is 4.99 Å². The van der Waals surface area contributed by atoms with Gasteiger partial charge in [-0.3, -0.25) is 0 Å². The van der Waals surface area contributed by atoms with E-state index in [4.69, 9.17) is 4.74 Å². The van der Waals surface area contributed by atoms with Gasteiger partial charge in [-0.1, -0.05) is 30.3 Å². The summed E-state index contributed by atoms with van der Waals surface area (Å²) in [5, 5.41) is 0. The molecular weight excluding hydrogens is 206 g/mol. The molecule has 0 aliphatic rings. The van der Waals surface area contributed by atoms with Gasteiger partial charge < -0.3 is 4.74 Å². The van der Waals surface area contributed by atoms with Crippen LogP contribution in [0.1, 0.15) is 12.5 Å². The number of hydrogen-bond donors (Lipinski definition) is 0. The third kappa shape index (κ3) is 3.52. The van der Waals surface area contributed by atoms with E-state index in [9.17, 15) is 9.59 Å². The number of esters is 1. The third-order valence-corrected chi connectivity index (χ3v) is 1.75. The quantitative estimate of drug-likeness (QED) is 0.335. The summed E-state index contributed by atoms with van der Waals surface area (Å²) in [6, 6.07) is 9.07. The second-order valence-corrected chi connectivity index (χ2v) is 2.86. The lowest BCUT2D eigenvalue weighted by Crippen LogP contribution is -2.05. The molecule has 0 N–H and O–H groups in total. The molecule has 0 saturated heterocycles. The second-order valence-electron chi connectivity index (χ2n) is 2.86. The van der Waals surface area contributed by atoms with Crippen molar-refractivity contribution in [3.8, 4) is 0 Å². The van der Waals surface area contributed by atoms with Crippen LogP contribution in [0.3, 0.4) is 0 Å². The van der Waals surface area contributed by atoms with E-state index in [0.717, 1.165) is 5.56 Å². The van der Waals surface area contributed by atoms with Crippen molar-refractivity contribution >= 4 is 18.1 Å². The average molecular weight is 217 g/mol. The summed E-state index contributed by atoms with van der Waals surface area (Å²) in [6.07, 6.45) is 2.81. The summed E-state index contributed by atoms with van der Waals surface area (Å²) < 4.78 is 4.75. The molecule has 0 aliphatic carbocycles. The van der Waals surface area contributed by atoms with Crippen LogP contribution in [0.2, 0.25) is 0 Å². The van der Waals surface area contributed by atoms with Gasteiger partial charge in [0.1, 0.15) is 0 Å². The molecule has 0 unspecified atom stereocenters. The molecule has 1 rings (SSSR count). The van der Waals surface area contributed by atoms with Crippen LogP contribution in [0, 0.1) is 0 Å². The van der Waals surface area contributed by atoms with Gasteiger partial charge in [0.2, 0.25) is 6.08 Å². The molecule has 0 saturated carbocycles. The van der Waals surface area contributed by atoms with Crippen molar-refractivity contribution in [1.29, 1.82) is 0 Å². The van der Waals surface area contributed by atoms with Crippen LogP contribution in [-0.2, 0) is 14.3 Å². The molecule has 0 aromatic heterocycles. The molecule has 0 fully saturated rings. The number of aliphatic imine (C=N–C) groups is 1. The van der Waals surface area contributed by atoms with Gasteiger partial charge in [0, 0.05) is 0 Å². The minimum atomic E-state index is -0.630. The van der Waals surface area contributed by atoms with Crippen LogP contribution in [0.5, 0.6) is 0 Å². The Balaban J connectivity index is 2.98. The Morgan fingerprint density at radius 1 is 1.44 bits per heavy atom. The first-order valence-electron chi connectivity index (χ1n) is 4.79. The summed E-state index contributed by atoms with van der Waals surface area (Å²) in [4.78, 5) is 24.9. The van der Waals surface area contributed by atoms with Crippen molar-refractivity contribution in [3.05, 3.63) is 41.6 Å². The van der Waals surface area contributed by atoms with Crippen LogP contribution in [0.4, 0.5) is 0 Å². The first kappa shape index (κ1) is 11.9. The number of carbonyl (C=O) groups excluding carboxylic acids is 2. The van der Waals surface area contributed by atoms with E-state index in [0.29, 0.717) is 0 Å². The highest BCUT2D eigenvalue weighted by atomic mass is 16.5. The van der Waals surface area contributed by atoms with Crippen molar-refractivity contribution in [1.82, 2.24) is 0 Å². The van der Waals surface area contributed by atoms with Crippen molar-refractivity contribution < 1.29 is 14.3 Å². The van der Waals surface area contributed by atoms with Gasteiger partial charge in [0.25, 0.3) is 0 Å². The Kier molecular flexibility index (Phi) is 4.70. The summed E-state index contributed by atoms with van der Waals surface area (Å²) >= 11 is 0. The maximum absolute atomic E-state index is 11.4. The van der Waals surface area contributed by atoms with Gasteiger partial charge >= 0.3 is 5.97 Å². The van der Waals surface area contributed by atoms with Crippen molar-refractivity contribution in [3.63, 3.8) is 0 Å². The number of nitrogens with zero attached hydrogens (tertiary/aromatic N) is 1. The largest absolute Gasteiger partial charge is 0.461 e. The number of benzene rings is 1. The molecule has 0 heterocycles. The first-order chi connectivity index (χ1) is 7.77. The van der Waals surface area contributed by atoms with Crippen LogP contribution in [-0.4, -0.2) is 18.7 Å². The minimum Gasteiger partial charge on any atom is -0.461 e. The fourth-order valence-corrected chi connectivity index (χ4v) is 1.10. The van der Waals surface area contributed by atoms with E-state index >= 15 is 0 Å². The van der Waals surface area contributed by atoms with Crippen molar-refractivity contribution in [2.45, 2.75) is 6.92 Å². The lowest BCUT2D eigenvalue weighted by molar-refractivity contribution is -0.138. The highest BCUT2D eigenvalue weighted by molar-refractivity contribution is 5.94. The number of isocyanates is 1. The number of hydrogen-bond acceptors (Lipinski definition) is 4. The normalized spacial score (nSPS) is 10.4. The van der Waals surface area contributed by atoms with E-state index in [1.54, 1.807) is 19.1 Å². The Labute approximate surface area is 93.3 Å². The zero-order valence-corrected chi connectivity index (χ0v) is 8.84. The number of ether oxygens (including phenoxy) is 1. The maximum Gasteiger partial charge on any atom is 0.357 e. The maximum atomic E-state index is 11.4. The Bertz CT molecular complexity index is 431. The summed E-state index contributed by atoms with van der Waals surface area (Å²) in [5.74, 6) is -0.630. The minimum absolute atomic E-state index is 0.0527. The summed E-state index contributed by atoms with van der Waals surface area (Å²) in [7, 11) is 0. The molecule has 82 valence electrons.